The van der Waals surface area contributed by atoms with Crippen LogP contribution in [0.3, 0.4) is 0 Å². The third-order valence-corrected chi connectivity index (χ3v) is 4.51. The van der Waals surface area contributed by atoms with Gasteiger partial charge in [0, 0.05) is 18.6 Å². The molecule has 0 saturated heterocycles. The first-order chi connectivity index (χ1) is 14.0. The second-order valence-corrected chi connectivity index (χ2v) is 6.27. The van der Waals surface area contributed by atoms with Crippen molar-refractivity contribution in [3.05, 3.63) is 29.3 Å². The predicted molar refractivity (Wildman–Crippen MR) is 105 cm³/mol. The summed E-state index contributed by atoms with van der Waals surface area (Å²) in [5.74, 6) is -0.110. The van der Waals surface area contributed by atoms with E-state index in [9.17, 15) is 9.59 Å². The van der Waals surface area contributed by atoms with E-state index in [2.05, 4.69) is 15.0 Å². The number of benzene rings is 1. The second kappa shape index (κ2) is 8.97. The maximum atomic E-state index is 12.5. The van der Waals surface area contributed by atoms with E-state index >= 15 is 0 Å². The van der Waals surface area contributed by atoms with E-state index < -0.39 is 11.6 Å². The summed E-state index contributed by atoms with van der Waals surface area (Å²) in [7, 11) is 4.34. The summed E-state index contributed by atoms with van der Waals surface area (Å²) in [5.41, 5.74) is 0.512. The zero-order chi connectivity index (χ0) is 21.0. The Bertz CT molecular complexity index is 1030. The number of hydrogen-bond acceptors (Lipinski definition) is 9. The highest BCUT2D eigenvalue weighted by molar-refractivity contribution is 6.58. The van der Waals surface area contributed by atoms with Crippen molar-refractivity contribution in [2.24, 2.45) is 4.99 Å². The zero-order valence-corrected chi connectivity index (χ0v) is 16.8. The first kappa shape index (κ1) is 20.7. The molecular formula is C19H18ClN3O6. The van der Waals surface area contributed by atoms with E-state index in [-0.39, 0.29) is 28.7 Å². The summed E-state index contributed by atoms with van der Waals surface area (Å²) in [6.45, 7) is 0.750. The van der Waals surface area contributed by atoms with Crippen LogP contribution in [0.5, 0.6) is 11.5 Å². The van der Waals surface area contributed by atoms with Crippen LogP contribution in [-0.2, 0) is 19.1 Å². The lowest BCUT2D eigenvalue weighted by atomic mass is 10.0. The summed E-state index contributed by atoms with van der Waals surface area (Å²) in [6, 6.07) is 3.34. The Labute approximate surface area is 171 Å². The molecule has 0 aliphatic heterocycles. The van der Waals surface area contributed by atoms with Crippen LogP contribution >= 0.6 is 11.6 Å². The van der Waals surface area contributed by atoms with Crippen LogP contribution in [0.25, 0.3) is 10.9 Å². The number of aromatic nitrogens is 2. The largest absolute Gasteiger partial charge is 0.493 e. The molecule has 0 saturated carbocycles. The number of carbonyl (C=O) groups is 2. The molecule has 0 N–H and O–H groups in total. The average molecular weight is 420 g/mol. The molecule has 1 heterocycles. The fourth-order valence-electron chi connectivity index (χ4n) is 2.71. The van der Waals surface area contributed by atoms with Gasteiger partial charge in [0.25, 0.3) is 0 Å². The number of ether oxygens (including phenoxy) is 4. The van der Waals surface area contributed by atoms with Gasteiger partial charge in [-0.25, -0.2) is 15.0 Å². The number of rotatable bonds is 7. The van der Waals surface area contributed by atoms with Gasteiger partial charge in [0.2, 0.25) is 5.78 Å². The fraction of sp³-hybridized carbons (Fsp3) is 0.316. The number of fused-ring (bicyclic) bond motifs is 1. The summed E-state index contributed by atoms with van der Waals surface area (Å²) >= 11 is 5.86. The van der Waals surface area contributed by atoms with E-state index in [1.54, 1.807) is 19.2 Å². The standard InChI is InChI=1S/C19H18ClN3O6/c1-26-4-5-29-15-8-11-10(6-14(15)27-2)19(22-9-21-11)23-12-7-13(24)16(20)18(28-3)17(12)25/h6,8-9H,4-5,7H2,1-3H3. The van der Waals surface area contributed by atoms with Crippen LogP contribution in [-0.4, -0.2) is 61.8 Å². The molecule has 0 amide bonds. The van der Waals surface area contributed by atoms with Crippen molar-refractivity contribution in [2.45, 2.75) is 6.42 Å². The number of methoxy groups -OCH3 is 3. The van der Waals surface area contributed by atoms with Crippen LogP contribution in [0.4, 0.5) is 5.82 Å². The normalized spacial score (nSPS) is 15.9. The molecule has 1 aromatic carbocycles. The Kier molecular flexibility index (Phi) is 6.40. The molecule has 0 fully saturated rings. The number of aliphatic imine (C=N–C) groups is 1. The number of nitrogens with zero attached hydrogens (tertiary/aromatic N) is 3. The van der Waals surface area contributed by atoms with E-state index in [0.29, 0.717) is 35.6 Å². The van der Waals surface area contributed by atoms with Crippen molar-refractivity contribution in [2.75, 3.05) is 34.5 Å². The number of ketones is 2. The highest BCUT2D eigenvalue weighted by Crippen LogP contribution is 2.35. The molecule has 0 atom stereocenters. The van der Waals surface area contributed by atoms with Gasteiger partial charge in [0.15, 0.2) is 28.9 Å². The third kappa shape index (κ3) is 4.20. The number of allylic oxidation sites excluding steroid dienone is 2. The first-order valence-corrected chi connectivity index (χ1v) is 8.91. The van der Waals surface area contributed by atoms with Gasteiger partial charge in [-0.2, -0.15) is 0 Å². The Balaban J connectivity index is 2.05. The van der Waals surface area contributed by atoms with Gasteiger partial charge in [-0.05, 0) is 6.07 Å². The second-order valence-electron chi connectivity index (χ2n) is 5.89. The van der Waals surface area contributed by atoms with Crippen LogP contribution in [0, 0.1) is 0 Å². The molecule has 1 aliphatic rings. The molecule has 9 nitrogen and oxygen atoms in total. The molecule has 152 valence electrons. The van der Waals surface area contributed by atoms with Gasteiger partial charge in [-0.15, -0.1) is 0 Å². The molecule has 0 spiro atoms. The Morgan fingerprint density at radius 2 is 1.86 bits per heavy atom. The quantitative estimate of drug-likeness (QED) is 0.629. The van der Waals surface area contributed by atoms with Gasteiger partial charge < -0.3 is 18.9 Å². The molecule has 0 unspecified atom stereocenters. The summed E-state index contributed by atoms with van der Waals surface area (Å²) < 4.78 is 21.0. The number of hydrogen-bond donors (Lipinski definition) is 0. The Morgan fingerprint density at radius 1 is 1.07 bits per heavy atom. The molecule has 2 aromatic rings. The predicted octanol–water partition coefficient (Wildman–Crippen LogP) is 2.37. The van der Waals surface area contributed by atoms with Crippen LogP contribution in [0.15, 0.2) is 34.2 Å². The minimum absolute atomic E-state index is 0.0179. The van der Waals surface area contributed by atoms with Crippen molar-refractivity contribution < 1.29 is 28.5 Å². The Morgan fingerprint density at radius 3 is 2.55 bits per heavy atom. The van der Waals surface area contributed by atoms with E-state index in [1.165, 1.54) is 20.5 Å². The number of carbonyl (C=O) groups excluding carboxylic acids is 2. The summed E-state index contributed by atoms with van der Waals surface area (Å²) in [4.78, 5) is 37.2. The summed E-state index contributed by atoms with van der Waals surface area (Å²) in [6.07, 6.45) is 1.06. The van der Waals surface area contributed by atoms with Crippen molar-refractivity contribution in [3.8, 4) is 11.5 Å². The lowest BCUT2D eigenvalue weighted by Crippen LogP contribution is -2.28. The highest BCUT2D eigenvalue weighted by Gasteiger charge is 2.32. The Hall–Kier alpha value is -3.04. The van der Waals surface area contributed by atoms with Crippen molar-refractivity contribution in [1.29, 1.82) is 0 Å². The lowest BCUT2D eigenvalue weighted by molar-refractivity contribution is -0.118. The van der Waals surface area contributed by atoms with E-state index in [0.717, 1.165) is 0 Å². The van der Waals surface area contributed by atoms with Gasteiger partial charge >= 0.3 is 0 Å². The topological polar surface area (TPSA) is 109 Å². The maximum Gasteiger partial charge on any atom is 0.243 e. The van der Waals surface area contributed by atoms with Crippen molar-refractivity contribution >= 4 is 45.6 Å². The van der Waals surface area contributed by atoms with E-state index in [4.69, 9.17) is 30.5 Å². The zero-order valence-electron chi connectivity index (χ0n) is 16.0. The minimum Gasteiger partial charge on any atom is -0.493 e. The van der Waals surface area contributed by atoms with Gasteiger partial charge in [-0.3, -0.25) is 9.59 Å². The smallest absolute Gasteiger partial charge is 0.243 e. The molecule has 0 radical (unpaired) electrons. The van der Waals surface area contributed by atoms with Crippen LogP contribution in [0.2, 0.25) is 0 Å². The third-order valence-electron chi connectivity index (χ3n) is 4.13. The molecule has 29 heavy (non-hydrogen) atoms. The lowest BCUT2D eigenvalue weighted by Gasteiger charge is -2.15. The number of halogens is 1. The monoisotopic (exact) mass is 419 g/mol. The van der Waals surface area contributed by atoms with E-state index in [1.807, 2.05) is 0 Å². The molecule has 10 heteroatoms. The molecule has 1 aliphatic carbocycles. The first-order valence-electron chi connectivity index (χ1n) is 8.53. The SMILES string of the molecule is COCCOc1cc2ncnc(N=C3CC(=O)C(Cl)=C(OC)C3=O)c2cc1OC. The van der Waals surface area contributed by atoms with Crippen molar-refractivity contribution in [1.82, 2.24) is 9.97 Å². The fourth-order valence-corrected chi connectivity index (χ4v) is 2.94. The molecular weight excluding hydrogens is 402 g/mol. The highest BCUT2D eigenvalue weighted by atomic mass is 35.5. The van der Waals surface area contributed by atoms with Gasteiger partial charge in [0.1, 0.15) is 23.7 Å². The summed E-state index contributed by atoms with van der Waals surface area (Å²) in [5, 5.41) is 0.291. The number of Topliss-reactive ketones (excluding diaryl/α,β-unsaturated/α-hetero) is 2. The molecule has 1 aromatic heterocycles. The molecule has 3 rings (SSSR count). The van der Waals surface area contributed by atoms with Gasteiger partial charge in [0.05, 0.1) is 32.8 Å². The molecule has 0 bridgehead atoms. The maximum absolute atomic E-state index is 12.5. The van der Waals surface area contributed by atoms with Crippen LogP contribution < -0.4 is 9.47 Å². The minimum atomic E-state index is -0.560. The van der Waals surface area contributed by atoms with Gasteiger partial charge in [-0.1, -0.05) is 11.6 Å². The van der Waals surface area contributed by atoms with Crippen LogP contribution in [0.1, 0.15) is 6.42 Å². The average Bonchev–Trinajstić information content (AvgIpc) is 2.72. The van der Waals surface area contributed by atoms with Crippen molar-refractivity contribution in [3.63, 3.8) is 0 Å².